The van der Waals surface area contributed by atoms with Crippen LogP contribution in [0.4, 0.5) is 4.79 Å². The van der Waals surface area contributed by atoms with E-state index in [4.69, 9.17) is 9.84 Å². The summed E-state index contributed by atoms with van der Waals surface area (Å²) >= 11 is 0. The molecule has 3 fully saturated rings. The van der Waals surface area contributed by atoms with Crippen LogP contribution in [-0.4, -0.2) is 76.5 Å². The van der Waals surface area contributed by atoms with Crippen LogP contribution in [0, 0.1) is 5.92 Å². The standard InChI is InChI=1S/C10H18N4O5/c15-3-6-7(16)8(17)9(19-6)4-1-12-14-5(4)2-11-13-10(14)18/h4-9,11-12,15-17H,1-3H2,(H,13,18). The zero-order chi connectivity index (χ0) is 13.6. The summed E-state index contributed by atoms with van der Waals surface area (Å²) in [6.45, 7) is 0.629. The van der Waals surface area contributed by atoms with Crippen molar-refractivity contribution >= 4 is 6.03 Å². The van der Waals surface area contributed by atoms with Crippen LogP contribution in [0.15, 0.2) is 0 Å². The first kappa shape index (κ1) is 13.0. The Hall–Kier alpha value is -0.970. The predicted molar refractivity (Wildman–Crippen MR) is 61.4 cm³/mol. The molecule has 3 saturated heterocycles. The van der Waals surface area contributed by atoms with Crippen molar-refractivity contribution in [1.82, 2.24) is 21.3 Å². The lowest BCUT2D eigenvalue weighted by Gasteiger charge is -2.34. The summed E-state index contributed by atoms with van der Waals surface area (Å²) in [7, 11) is 0. The second kappa shape index (κ2) is 4.85. The second-order valence-corrected chi connectivity index (χ2v) is 5.08. The number of hydrogen-bond donors (Lipinski definition) is 6. The Balaban J connectivity index is 1.75. The van der Waals surface area contributed by atoms with E-state index in [-0.39, 0.29) is 24.6 Å². The molecule has 3 aliphatic heterocycles. The van der Waals surface area contributed by atoms with Crippen LogP contribution in [0.1, 0.15) is 0 Å². The molecule has 0 saturated carbocycles. The maximum atomic E-state index is 11.6. The van der Waals surface area contributed by atoms with E-state index >= 15 is 0 Å². The van der Waals surface area contributed by atoms with Gasteiger partial charge in [-0.05, 0) is 0 Å². The summed E-state index contributed by atoms with van der Waals surface area (Å²) in [5, 5.41) is 30.4. The van der Waals surface area contributed by atoms with Crippen LogP contribution >= 0.6 is 0 Å². The van der Waals surface area contributed by atoms with Crippen LogP contribution < -0.4 is 16.3 Å². The van der Waals surface area contributed by atoms with Gasteiger partial charge in [-0.1, -0.05) is 0 Å². The molecule has 3 heterocycles. The first-order valence-corrected chi connectivity index (χ1v) is 6.31. The Labute approximate surface area is 109 Å². The maximum absolute atomic E-state index is 11.6. The number of hydrogen-bond acceptors (Lipinski definition) is 7. The highest BCUT2D eigenvalue weighted by atomic mass is 16.6. The molecule has 19 heavy (non-hydrogen) atoms. The number of carbonyl (C=O) groups is 1. The SMILES string of the molecule is O=C1NNCC2C(C3OC(CO)C(O)C3O)CNN12. The van der Waals surface area contributed by atoms with Crippen LogP contribution in [0.3, 0.4) is 0 Å². The van der Waals surface area contributed by atoms with Crippen molar-refractivity contribution in [3.05, 3.63) is 0 Å². The third-order valence-corrected chi connectivity index (χ3v) is 4.05. The summed E-state index contributed by atoms with van der Waals surface area (Å²) in [6, 6.07) is -0.455. The molecule has 0 spiro atoms. The maximum Gasteiger partial charge on any atom is 0.346 e. The van der Waals surface area contributed by atoms with Gasteiger partial charge in [0.15, 0.2) is 0 Å². The monoisotopic (exact) mass is 274 g/mol. The molecule has 0 bridgehead atoms. The minimum atomic E-state index is -1.10. The van der Waals surface area contributed by atoms with Crippen molar-refractivity contribution in [1.29, 1.82) is 0 Å². The molecule has 0 aromatic heterocycles. The van der Waals surface area contributed by atoms with Crippen LogP contribution in [0.5, 0.6) is 0 Å². The number of nitrogens with zero attached hydrogens (tertiary/aromatic N) is 1. The fourth-order valence-electron chi connectivity index (χ4n) is 3.02. The Bertz CT molecular complexity index is 370. The molecule has 6 unspecified atom stereocenters. The minimum Gasteiger partial charge on any atom is -0.394 e. The van der Waals surface area contributed by atoms with Gasteiger partial charge < -0.3 is 20.1 Å². The predicted octanol–water partition coefficient (Wildman–Crippen LogP) is -3.50. The number of hydrazine groups is 2. The highest BCUT2D eigenvalue weighted by Gasteiger charge is 2.52. The molecule has 108 valence electrons. The summed E-state index contributed by atoms with van der Waals surface area (Å²) in [5.41, 5.74) is 8.22. The zero-order valence-corrected chi connectivity index (χ0v) is 10.2. The lowest BCUT2D eigenvalue weighted by molar-refractivity contribution is -0.0469. The van der Waals surface area contributed by atoms with Crippen LogP contribution in [0.2, 0.25) is 0 Å². The number of fused-ring (bicyclic) bond motifs is 1. The number of aliphatic hydroxyl groups excluding tert-OH is 3. The average Bonchev–Trinajstić information content (AvgIpc) is 2.94. The third-order valence-electron chi connectivity index (χ3n) is 4.05. The minimum absolute atomic E-state index is 0.153. The number of nitrogens with one attached hydrogen (secondary N) is 3. The van der Waals surface area contributed by atoms with Gasteiger partial charge in [0.2, 0.25) is 0 Å². The van der Waals surface area contributed by atoms with Gasteiger partial charge in [-0.15, -0.1) is 0 Å². The molecule has 9 heteroatoms. The van der Waals surface area contributed by atoms with E-state index in [1.165, 1.54) is 5.01 Å². The molecule has 0 radical (unpaired) electrons. The summed E-state index contributed by atoms with van der Waals surface area (Å²) in [5.74, 6) is -0.153. The molecule has 0 aromatic rings. The van der Waals surface area contributed by atoms with Crippen molar-refractivity contribution in [3.63, 3.8) is 0 Å². The van der Waals surface area contributed by atoms with Crippen molar-refractivity contribution < 1.29 is 24.9 Å². The van der Waals surface area contributed by atoms with Gasteiger partial charge in [-0.25, -0.2) is 15.6 Å². The van der Waals surface area contributed by atoms with Gasteiger partial charge in [-0.2, -0.15) is 0 Å². The first-order valence-electron chi connectivity index (χ1n) is 6.31. The fraction of sp³-hybridized carbons (Fsp3) is 0.900. The summed E-state index contributed by atoms with van der Waals surface area (Å²) in [6.07, 6.45) is -3.55. The smallest absolute Gasteiger partial charge is 0.346 e. The molecule has 6 atom stereocenters. The Morgan fingerprint density at radius 2 is 2.11 bits per heavy atom. The largest absolute Gasteiger partial charge is 0.394 e. The van der Waals surface area contributed by atoms with E-state index in [1.54, 1.807) is 0 Å². The van der Waals surface area contributed by atoms with Gasteiger partial charge in [0, 0.05) is 19.0 Å². The molecule has 2 amide bonds. The molecule has 0 aromatic carbocycles. The van der Waals surface area contributed by atoms with Gasteiger partial charge >= 0.3 is 6.03 Å². The Morgan fingerprint density at radius 3 is 2.79 bits per heavy atom. The number of amides is 2. The normalized spacial score (nSPS) is 46.3. The van der Waals surface area contributed by atoms with Crippen LogP contribution in [0.25, 0.3) is 0 Å². The van der Waals surface area contributed by atoms with E-state index < -0.39 is 24.4 Å². The van der Waals surface area contributed by atoms with Crippen molar-refractivity contribution in [2.24, 2.45) is 5.92 Å². The number of ether oxygens (including phenoxy) is 1. The molecule has 3 rings (SSSR count). The van der Waals surface area contributed by atoms with Crippen molar-refractivity contribution in [3.8, 4) is 0 Å². The molecule has 6 N–H and O–H groups in total. The summed E-state index contributed by atoms with van der Waals surface area (Å²) in [4.78, 5) is 11.6. The highest BCUT2D eigenvalue weighted by Crippen LogP contribution is 2.32. The van der Waals surface area contributed by atoms with Gasteiger partial charge in [0.1, 0.15) is 18.3 Å². The topological polar surface area (TPSA) is 126 Å². The molecule has 9 nitrogen and oxygen atoms in total. The Morgan fingerprint density at radius 1 is 1.32 bits per heavy atom. The Kier molecular flexibility index (Phi) is 3.33. The molecule has 3 aliphatic rings. The van der Waals surface area contributed by atoms with Gasteiger partial charge in [0.25, 0.3) is 0 Å². The fourth-order valence-corrected chi connectivity index (χ4v) is 3.02. The first-order chi connectivity index (χ1) is 9.13. The van der Waals surface area contributed by atoms with E-state index in [1.807, 2.05) is 0 Å². The van der Waals surface area contributed by atoms with Gasteiger partial charge in [0.05, 0.1) is 18.8 Å². The quantitative estimate of drug-likeness (QED) is 0.308. The number of rotatable bonds is 2. The summed E-state index contributed by atoms with van der Waals surface area (Å²) < 4.78 is 5.53. The molecule has 0 aliphatic carbocycles. The highest BCUT2D eigenvalue weighted by molar-refractivity contribution is 5.74. The molecular weight excluding hydrogens is 256 g/mol. The number of urea groups is 1. The lowest BCUT2D eigenvalue weighted by Crippen LogP contribution is -2.62. The number of carbonyl (C=O) groups excluding carboxylic acids is 1. The van der Waals surface area contributed by atoms with E-state index in [2.05, 4.69) is 16.3 Å². The third kappa shape index (κ3) is 1.98. The van der Waals surface area contributed by atoms with Gasteiger partial charge in [-0.3, -0.25) is 10.4 Å². The van der Waals surface area contributed by atoms with Crippen LogP contribution in [-0.2, 0) is 4.74 Å². The van der Waals surface area contributed by atoms with E-state index in [9.17, 15) is 15.0 Å². The van der Waals surface area contributed by atoms with E-state index in [0.717, 1.165) is 0 Å². The lowest BCUT2D eigenvalue weighted by atomic mass is 9.90. The average molecular weight is 274 g/mol. The van der Waals surface area contributed by atoms with Crippen molar-refractivity contribution in [2.45, 2.75) is 30.5 Å². The molecular formula is C10H18N4O5. The second-order valence-electron chi connectivity index (χ2n) is 5.08. The zero-order valence-electron chi connectivity index (χ0n) is 10.2. The number of aliphatic hydroxyl groups is 3. The van der Waals surface area contributed by atoms with Crippen molar-refractivity contribution in [2.75, 3.05) is 19.7 Å². The van der Waals surface area contributed by atoms with E-state index in [0.29, 0.717) is 13.1 Å².